The Labute approximate surface area is 147 Å². The van der Waals surface area contributed by atoms with Crippen LogP contribution in [-0.4, -0.2) is 49.9 Å². The standard InChI is InChI=1S/C18H26O7/c1-5-9-22-11-13(4)16(20)24-12-15(19)25-18(6-2,7-3)14-8-10-23-17(14)21/h5,14H,1,4,6-12H2,2-3H3. The lowest BCUT2D eigenvalue weighted by Gasteiger charge is -2.34. The lowest BCUT2D eigenvalue weighted by molar-refractivity contribution is -0.178. The first-order chi connectivity index (χ1) is 11.9. The van der Waals surface area contributed by atoms with Gasteiger partial charge in [-0.2, -0.15) is 0 Å². The van der Waals surface area contributed by atoms with E-state index in [1.807, 2.05) is 13.8 Å². The van der Waals surface area contributed by atoms with Crippen molar-refractivity contribution in [3.63, 3.8) is 0 Å². The Morgan fingerprint density at radius 3 is 2.52 bits per heavy atom. The molecule has 1 saturated heterocycles. The molecule has 0 amide bonds. The van der Waals surface area contributed by atoms with Crippen LogP contribution in [0.2, 0.25) is 0 Å². The van der Waals surface area contributed by atoms with Crippen LogP contribution in [0.5, 0.6) is 0 Å². The van der Waals surface area contributed by atoms with Gasteiger partial charge in [0.2, 0.25) is 0 Å². The van der Waals surface area contributed by atoms with Crippen molar-refractivity contribution in [1.82, 2.24) is 0 Å². The molecule has 0 aromatic rings. The van der Waals surface area contributed by atoms with Gasteiger partial charge in [-0.25, -0.2) is 9.59 Å². The SMILES string of the molecule is C=CCOCC(=C)C(=O)OCC(=O)OC(CC)(CC)C1CCOC1=O. The predicted octanol–water partition coefficient (Wildman–Crippen LogP) is 1.95. The third-order valence-electron chi connectivity index (χ3n) is 4.21. The van der Waals surface area contributed by atoms with E-state index in [0.29, 0.717) is 25.9 Å². The maximum Gasteiger partial charge on any atom is 0.344 e. The van der Waals surface area contributed by atoms with Gasteiger partial charge in [0.25, 0.3) is 0 Å². The fraction of sp³-hybridized carbons (Fsp3) is 0.611. The predicted molar refractivity (Wildman–Crippen MR) is 89.6 cm³/mol. The highest BCUT2D eigenvalue weighted by Crippen LogP contribution is 2.36. The third-order valence-corrected chi connectivity index (χ3v) is 4.21. The molecule has 0 aromatic heterocycles. The van der Waals surface area contributed by atoms with Crippen LogP contribution in [-0.2, 0) is 33.3 Å². The molecule has 1 atom stereocenters. The number of ether oxygens (including phenoxy) is 4. The summed E-state index contributed by atoms with van der Waals surface area (Å²) in [5.41, 5.74) is -0.854. The minimum absolute atomic E-state index is 0.0122. The topological polar surface area (TPSA) is 88.1 Å². The van der Waals surface area contributed by atoms with Crippen molar-refractivity contribution in [1.29, 1.82) is 0 Å². The highest BCUT2D eigenvalue weighted by atomic mass is 16.6. The molecule has 0 aliphatic carbocycles. The summed E-state index contributed by atoms with van der Waals surface area (Å²) in [7, 11) is 0. The van der Waals surface area contributed by atoms with Gasteiger partial charge >= 0.3 is 17.9 Å². The number of hydrogen-bond acceptors (Lipinski definition) is 7. The smallest absolute Gasteiger partial charge is 0.344 e. The zero-order valence-corrected chi connectivity index (χ0v) is 14.9. The number of carbonyl (C=O) groups is 3. The number of rotatable bonds is 11. The monoisotopic (exact) mass is 354 g/mol. The van der Waals surface area contributed by atoms with E-state index in [-0.39, 0.29) is 24.8 Å². The van der Waals surface area contributed by atoms with Crippen molar-refractivity contribution >= 4 is 17.9 Å². The molecule has 140 valence electrons. The Morgan fingerprint density at radius 2 is 2.00 bits per heavy atom. The second kappa shape index (κ2) is 9.98. The van der Waals surface area contributed by atoms with Crippen LogP contribution in [0.15, 0.2) is 24.8 Å². The second-order valence-corrected chi connectivity index (χ2v) is 5.74. The number of carbonyl (C=O) groups excluding carboxylic acids is 3. The Morgan fingerprint density at radius 1 is 1.32 bits per heavy atom. The average molecular weight is 354 g/mol. The van der Waals surface area contributed by atoms with Crippen LogP contribution in [0.3, 0.4) is 0 Å². The molecule has 0 aromatic carbocycles. The Hall–Kier alpha value is -2.15. The van der Waals surface area contributed by atoms with E-state index in [4.69, 9.17) is 18.9 Å². The summed E-state index contributed by atoms with van der Waals surface area (Å²) in [6.45, 7) is 10.7. The maximum absolute atomic E-state index is 12.1. The van der Waals surface area contributed by atoms with E-state index < -0.39 is 30.1 Å². The van der Waals surface area contributed by atoms with Gasteiger partial charge in [0.15, 0.2) is 6.61 Å². The summed E-state index contributed by atoms with van der Waals surface area (Å²) in [5, 5.41) is 0. The van der Waals surface area contributed by atoms with Gasteiger partial charge < -0.3 is 18.9 Å². The van der Waals surface area contributed by atoms with Crippen molar-refractivity contribution in [3.05, 3.63) is 24.8 Å². The lowest BCUT2D eigenvalue weighted by Crippen LogP contribution is -2.44. The summed E-state index contributed by atoms with van der Waals surface area (Å²) in [6, 6.07) is 0. The molecular weight excluding hydrogens is 328 g/mol. The first-order valence-corrected chi connectivity index (χ1v) is 8.32. The summed E-state index contributed by atoms with van der Waals surface area (Å²) in [6.07, 6.45) is 2.97. The third kappa shape index (κ3) is 5.70. The fourth-order valence-corrected chi connectivity index (χ4v) is 2.74. The molecule has 1 fully saturated rings. The van der Waals surface area contributed by atoms with Crippen molar-refractivity contribution in [2.45, 2.75) is 38.7 Å². The molecule has 1 unspecified atom stereocenters. The van der Waals surface area contributed by atoms with E-state index in [2.05, 4.69) is 13.2 Å². The van der Waals surface area contributed by atoms with Gasteiger partial charge in [0, 0.05) is 0 Å². The van der Waals surface area contributed by atoms with Crippen molar-refractivity contribution in [2.75, 3.05) is 26.4 Å². The fourth-order valence-electron chi connectivity index (χ4n) is 2.74. The van der Waals surface area contributed by atoms with E-state index in [0.717, 1.165) is 0 Å². The Balaban J connectivity index is 2.55. The molecule has 1 aliphatic rings. The number of hydrogen-bond donors (Lipinski definition) is 0. The van der Waals surface area contributed by atoms with E-state index in [1.54, 1.807) is 6.08 Å². The zero-order valence-electron chi connectivity index (χ0n) is 14.9. The van der Waals surface area contributed by atoms with Crippen molar-refractivity contribution in [3.8, 4) is 0 Å². The van der Waals surface area contributed by atoms with Crippen molar-refractivity contribution < 1.29 is 33.3 Å². The molecular formula is C18H26O7. The second-order valence-electron chi connectivity index (χ2n) is 5.74. The minimum atomic E-state index is -0.943. The highest BCUT2D eigenvalue weighted by molar-refractivity contribution is 5.89. The lowest BCUT2D eigenvalue weighted by atomic mass is 9.81. The maximum atomic E-state index is 12.1. The Bertz CT molecular complexity index is 520. The van der Waals surface area contributed by atoms with Crippen LogP contribution in [0.25, 0.3) is 0 Å². The molecule has 0 spiro atoms. The molecule has 1 rings (SSSR count). The van der Waals surface area contributed by atoms with Crippen LogP contribution >= 0.6 is 0 Å². The first-order valence-electron chi connectivity index (χ1n) is 8.32. The molecule has 0 radical (unpaired) electrons. The summed E-state index contributed by atoms with van der Waals surface area (Å²) >= 11 is 0. The van der Waals surface area contributed by atoms with Gasteiger partial charge in [-0.05, 0) is 19.3 Å². The quantitative estimate of drug-likeness (QED) is 0.184. The summed E-state index contributed by atoms with van der Waals surface area (Å²) < 4.78 is 20.5. The molecule has 7 heteroatoms. The van der Waals surface area contributed by atoms with E-state index in [9.17, 15) is 14.4 Å². The summed E-state index contributed by atoms with van der Waals surface area (Å²) in [4.78, 5) is 35.7. The average Bonchev–Trinajstić information content (AvgIpc) is 3.04. The molecule has 0 saturated carbocycles. The van der Waals surface area contributed by atoms with Crippen molar-refractivity contribution in [2.24, 2.45) is 5.92 Å². The molecule has 7 nitrogen and oxygen atoms in total. The number of cyclic esters (lactones) is 1. The van der Waals surface area contributed by atoms with Gasteiger partial charge in [-0.3, -0.25) is 4.79 Å². The molecule has 0 N–H and O–H groups in total. The molecule has 25 heavy (non-hydrogen) atoms. The van der Waals surface area contributed by atoms with Gasteiger partial charge in [-0.1, -0.05) is 26.5 Å². The van der Waals surface area contributed by atoms with Gasteiger partial charge in [0.05, 0.1) is 31.3 Å². The van der Waals surface area contributed by atoms with Crippen LogP contribution < -0.4 is 0 Å². The molecule has 1 heterocycles. The highest BCUT2D eigenvalue weighted by Gasteiger charge is 2.47. The minimum Gasteiger partial charge on any atom is -0.465 e. The van der Waals surface area contributed by atoms with E-state index in [1.165, 1.54) is 0 Å². The Kier molecular flexibility index (Phi) is 8.34. The van der Waals surface area contributed by atoms with Crippen LogP contribution in [0.1, 0.15) is 33.1 Å². The number of esters is 3. The van der Waals surface area contributed by atoms with Gasteiger partial charge in [0.1, 0.15) is 5.60 Å². The van der Waals surface area contributed by atoms with E-state index >= 15 is 0 Å². The summed E-state index contributed by atoms with van der Waals surface area (Å²) in [5.74, 6) is -2.30. The van der Waals surface area contributed by atoms with Crippen LogP contribution in [0.4, 0.5) is 0 Å². The zero-order chi connectivity index (χ0) is 18.9. The normalized spacial score (nSPS) is 16.9. The largest absolute Gasteiger partial charge is 0.465 e. The molecule has 1 aliphatic heterocycles. The molecule has 0 bridgehead atoms. The first kappa shape index (κ1) is 20.9. The van der Waals surface area contributed by atoms with Gasteiger partial charge in [-0.15, -0.1) is 6.58 Å². The van der Waals surface area contributed by atoms with Crippen LogP contribution in [0, 0.1) is 5.92 Å².